The normalized spacial score (nSPS) is 21.1. The fraction of sp³-hybridized carbons (Fsp3) is 0.364. The number of halogens is 2. The van der Waals surface area contributed by atoms with Crippen molar-refractivity contribution in [1.82, 2.24) is 4.31 Å². The average molecular weight is 292 g/mol. The molecule has 4 nitrogen and oxygen atoms in total. The zero-order valence-electron chi connectivity index (χ0n) is 9.34. The Kier molecular flexibility index (Phi) is 3.70. The summed E-state index contributed by atoms with van der Waals surface area (Å²) in [6.45, 7) is 0.253. The van der Waals surface area contributed by atoms with Crippen LogP contribution in [0.1, 0.15) is 12.8 Å². The van der Waals surface area contributed by atoms with Gasteiger partial charge in [0.05, 0.1) is 10.9 Å². The van der Waals surface area contributed by atoms with Crippen molar-refractivity contribution in [1.29, 1.82) is 0 Å². The smallest absolute Gasteiger partial charge is 0.243 e. The van der Waals surface area contributed by atoms with E-state index in [-0.39, 0.29) is 11.4 Å². The molecule has 7 heteroatoms. The Morgan fingerprint density at radius 2 is 1.94 bits per heavy atom. The van der Waals surface area contributed by atoms with Crippen molar-refractivity contribution in [3.05, 3.63) is 30.1 Å². The Morgan fingerprint density at radius 1 is 1.33 bits per heavy atom. The number of carbonyl (C=O) groups is 1. The molecule has 1 aliphatic rings. The summed E-state index contributed by atoms with van der Waals surface area (Å²) in [7, 11) is -3.79. The molecule has 0 bridgehead atoms. The topological polar surface area (TPSA) is 54.5 Å². The summed E-state index contributed by atoms with van der Waals surface area (Å²) in [5, 5.41) is -0.682. The SMILES string of the molecule is O=C(Cl)C1CCCN1S(=O)(=O)c1ccc(F)cc1. The van der Waals surface area contributed by atoms with E-state index in [1.807, 2.05) is 0 Å². The molecule has 18 heavy (non-hydrogen) atoms. The van der Waals surface area contributed by atoms with E-state index in [2.05, 4.69) is 0 Å². The number of hydrogen-bond acceptors (Lipinski definition) is 3. The largest absolute Gasteiger partial charge is 0.279 e. The molecule has 0 aromatic heterocycles. The van der Waals surface area contributed by atoms with Crippen LogP contribution in [0.5, 0.6) is 0 Å². The van der Waals surface area contributed by atoms with Crippen LogP contribution in [0.2, 0.25) is 0 Å². The summed E-state index contributed by atoms with van der Waals surface area (Å²) in [5.74, 6) is -0.514. The van der Waals surface area contributed by atoms with Crippen LogP contribution in [0, 0.1) is 5.82 Å². The van der Waals surface area contributed by atoms with Crippen molar-refractivity contribution < 1.29 is 17.6 Å². The first-order valence-electron chi connectivity index (χ1n) is 5.39. The number of hydrogen-bond donors (Lipinski definition) is 0. The van der Waals surface area contributed by atoms with Crippen LogP contribution >= 0.6 is 11.6 Å². The van der Waals surface area contributed by atoms with Crippen LogP contribution in [-0.2, 0) is 14.8 Å². The molecule has 0 amide bonds. The molecule has 1 unspecified atom stereocenters. The van der Waals surface area contributed by atoms with Gasteiger partial charge >= 0.3 is 0 Å². The third-order valence-electron chi connectivity index (χ3n) is 2.89. The first-order valence-corrected chi connectivity index (χ1v) is 7.21. The molecule has 0 aliphatic carbocycles. The summed E-state index contributed by atoms with van der Waals surface area (Å²) in [4.78, 5) is 11.2. The monoisotopic (exact) mass is 291 g/mol. The Labute approximate surface area is 109 Å². The lowest BCUT2D eigenvalue weighted by Gasteiger charge is -2.21. The van der Waals surface area contributed by atoms with E-state index in [0.717, 1.165) is 16.4 Å². The van der Waals surface area contributed by atoms with Crippen LogP contribution in [0.15, 0.2) is 29.2 Å². The van der Waals surface area contributed by atoms with Crippen molar-refractivity contribution in [2.24, 2.45) is 0 Å². The molecule has 1 atom stereocenters. The minimum Gasteiger partial charge on any atom is -0.279 e. The van der Waals surface area contributed by atoms with E-state index in [1.165, 1.54) is 12.1 Å². The van der Waals surface area contributed by atoms with Gasteiger partial charge in [-0.3, -0.25) is 4.79 Å². The molecule has 2 rings (SSSR count). The number of rotatable bonds is 3. The van der Waals surface area contributed by atoms with Gasteiger partial charge in [0.15, 0.2) is 0 Å². The van der Waals surface area contributed by atoms with Gasteiger partial charge in [-0.2, -0.15) is 4.31 Å². The highest BCUT2D eigenvalue weighted by atomic mass is 35.5. The lowest BCUT2D eigenvalue weighted by molar-refractivity contribution is -0.114. The average Bonchev–Trinajstić information content (AvgIpc) is 2.79. The van der Waals surface area contributed by atoms with Crippen molar-refractivity contribution in [2.75, 3.05) is 6.54 Å². The molecule has 0 saturated carbocycles. The van der Waals surface area contributed by atoms with Gasteiger partial charge in [-0.25, -0.2) is 12.8 Å². The maximum absolute atomic E-state index is 12.8. The van der Waals surface area contributed by atoms with Gasteiger partial charge in [0, 0.05) is 6.54 Å². The van der Waals surface area contributed by atoms with Crippen molar-refractivity contribution in [2.45, 2.75) is 23.8 Å². The number of sulfonamides is 1. The molecular formula is C11H11ClFNO3S. The summed E-state index contributed by atoms with van der Waals surface area (Å²) < 4.78 is 38.4. The van der Waals surface area contributed by atoms with Crippen LogP contribution in [0.4, 0.5) is 4.39 Å². The summed E-state index contributed by atoms with van der Waals surface area (Å²) in [6, 6.07) is 3.68. The highest BCUT2D eigenvalue weighted by molar-refractivity contribution is 7.89. The molecule has 98 valence electrons. The van der Waals surface area contributed by atoms with Crippen molar-refractivity contribution >= 4 is 26.9 Å². The zero-order chi connectivity index (χ0) is 13.3. The number of nitrogens with zero attached hydrogens (tertiary/aromatic N) is 1. The van der Waals surface area contributed by atoms with Gasteiger partial charge in [0.2, 0.25) is 15.3 Å². The number of carbonyl (C=O) groups excluding carboxylic acids is 1. The molecule has 0 radical (unpaired) electrons. The Morgan fingerprint density at radius 3 is 2.50 bits per heavy atom. The molecule has 1 aromatic rings. The molecular weight excluding hydrogens is 281 g/mol. The second kappa shape index (κ2) is 4.95. The van der Waals surface area contributed by atoms with Crippen LogP contribution in [-0.4, -0.2) is 30.6 Å². The summed E-state index contributed by atoms with van der Waals surface area (Å²) in [6.07, 6.45) is 1.01. The Balaban J connectivity index is 2.36. The van der Waals surface area contributed by atoms with Gasteiger partial charge in [-0.1, -0.05) is 0 Å². The molecule has 1 fully saturated rings. The van der Waals surface area contributed by atoms with Crippen LogP contribution < -0.4 is 0 Å². The van der Waals surface area contributed by atoms with E-state index in [1.54, 1.807) is 0 Å². The third-order valence-corrected chi connectivity index (χ3v) is 5.06. The maximum Gasteiger partial charge on any atom is 0.243 e. The van der Waals surface area contributed by atoms with E-state index in [0.29, 0.717) is 12.8 Å². The van der Waals surface area contributed by atoms with E-state index in [9.17, 15) is 17.6 Å². The van der Waals surface area contributed by atoms with Gasteiger partial charge in [0.25, 0.3) is 0 Å². The third kappa shape index (κ3) is 2.41. The fourth-order valence-corrected chi connectivity index (χ4v) is 3.94. The predicted molar refractivity (Wildman–Crippen MR) is 64.2 cm³/mol. The minimum absolute atomic E-state index is 0.0336. The maximum atomic E-state index is 12.8. The lowest BCUT2D eigenvalue weighted by Crippen LogP contribution is -2.38. The number of benzene rings is 1. The van der Waals surface area contributed by atoms with Crippen LogP contribution in [0.25, 0.3) is 0 Å². The molecule has 0 spiro atoms. The van der Waals surface area contributed by atoms with E-state index < -0.39 is 27.1 Å². The zero-order valence-corrected chi connectivity index (χ0v) is 10.9. The summed E-state index contributed by atoms with van der Waals surface area (Å²) in [5.41, 5.74) is 0. The fourth-order valence-electron chi connectivity index (χ4n) is 2.00. The van der Waals surface area contributed by atoms with Gasteiger partial charge in [0.1, 0.15) is 5.82 Å². The molecule has 1 heterocycles. The molecule has 1 aromatic carbocycles. The van der Waals surface area contributed by atoms with Crippen molar-refractivity contribution in [3.8, 4) is 0 Å². The first kappa shape index (κ1) is 13.5. The van der Waals surface area contributed by atoms with E-state index in [4.69, 9.17) is 11.6 Å². The Hall–Kier alpha value is -0.980. The van der Waals surface area contributed by atoms with E-state index >= 15 is 0 Å². The first-order chi connectivity index (χ1) is 8.43. The summed E-state index contributed by atoms with van der Waals surface area (Å²) >= 11 is 5.39. The van der Waals surface area contributed by atoms with Gasteiger partial charge in [-0.15, -0.1) is 0 Å². The Bertz CT molecular complexity index is 558. The predicted octanol–water partition coefficient (Wildman–Crippen LogP) is 1.74. The lowest BCUT2D eigenvalue weighted by atomic mass is 10.2. The highest BCUT2D eigenvalue weighted by Crippen LogP contribution is 2.27. The van der Waals surface area contributed by atoms with Crippen LogP contribution in [0.3, 0.4) is 0 Å². The standard InChI is InChI=1S/C11H11ClFNO3S/c12-11(15)10-2-1-7-14(10)18(16,17)9-5-3-8(13)4-6-9/h3-6,10H,1-2,7H2. The van der Waals surface area contributed by atoms with Gasteiger partial charge in [-0.05, 0) is 48.7 Å². The molecule has 1 saturated heterocycles. The van der Waals surface area contributed by atoms with Crippen molar-refractivity contribution in [3.63, 3.8) is 0 Å². The highest BCUT2D eigenvalue weighted by Gasteiger charge is 2.38. The molecule has 0 N–H and O–H groups in total. The second-order valence-corrected chi connectivity index (χ2v) is 6.29. The minimum atomic E-state index is -3.79. The molecule has 1 aliphatic heterocycles. The quantitative estimate of drug-likeness (QED) is 0.797. The van der Waals surface area contributed by atoms with Gasteiger partial charge < -0.3 is 0 Å². The second-order valence-electron chi connectivity index (χ2n) is 4.03.